The molecule has 0 bridgehead atoms. The van der Waals surface area contributed by atoms with Crippen LogP contribution >= 0.6 is 0 Å². The number of nitrogens with zero attached hydrogens (tertiary/aromatic N) is 4. The Morgan fingerprint density at radius 3 is 2.17 bits per heavy atom. The summed E-state index contributed by atoms with van der Waals surface area (Å²) in [5.74, 6) is 1.73. The van der Waals surface area contributed by atoms with Crippen LogP contribution in [0.2, 0.25) is 0 Å². The maximum absolute atomic E-state index is 5.00. The molecule has 35 heavy (non-hydrogen) atoms. The number of hydrogen-bond acceptors (Lipinski definition) is 4. The first-order valence-electron chi connectivity index (χ1n) is 11.8. The lowest BCUT2D eigenvalue weighted by molar-refractivity contribution is 0.849. The van der Waals surface area contributed by atoms with E-state index in [1.165, 1.54) is 11.1 Å². The number of anilines is 1. The molecule has 0 spiro atoms. The van der Waals surface area contributed by atoms with Gasteiger partial charge in [-0.2, -0.15) is 0 Å². The second-order valence-corrected chi connectivity index (χ2v) is 8.73. The molecule has 2 aromatic heterocycles. The number of benzene rings is 4. The molecule has 6 aromatic rings. The van der Waals surface area contributed by atoms with Gasteiger partial charge in [-0.3, -0.25) is 0 Å². The van der Waals surface area contributed by atoms with Crippen LogP contribution in [0, 0.1) is 0 Å². The van der Waals surface area contributed by atoms with E-state index in [0.29, 0.717) is 5.82 Å². The summed E-state index contributed by atoms with van der Waals surface area (Å²) in [6.07, 6.45) is 1.83. The Labute approximate surface area is 204 Å². The van der Waals surface area contributed by atoms with Gasteiger partial charge in [0.05, 0.1) is 22.9 Å². The highest BCUT2D eigenvalue weighted by Gasteiger charge is 2.16. The Morgan fingerprint density at radius 2 is 1.43 bits per heavy atom. The lowest BCUT2D eigenvalue weighted by atomic mass is 9.91. The Morgan fingerprint density at radius 1 is 0.743 bits per heavy atom. The molecular formula is C30H25N5. The minimum atomic E-state index is 0.195. The van der Waals surface area contributed by atoms with E-state index in [2.05, 4.69) is 83.1 Å². The number of aryl methyl sites for hydroxylation is 1. The number of aromatic nitrogens is 4. The number of fused-ring (bicyclic) bond motifs is 2. The van der Waals surface area contributed by atoms with Crippen LogP contribution in [-0.4, -0.2) is 26.1 Å². The van der Waals surface area contributed by atoms with Crippen molar-refractivity contribution in [1.82, 2.24) is 19.5 Å². The van der Waals surface area contributed by atoms with E-state index in [4.69, 9.17) is 9.97 Å². The maximum Gasteiger partial charge on any atom is 0.162 e. The van der Waals surface area contributed by atoms with Crippen LogP contribution in [0.15, 0.2) is 109 Å². The first-order valence-corrected chi connectivity index (χ1v) is 11.8. The van der Waals surface area contributed by atoms with Gasteiger partial charge in [0.1, 0.15) is 5.82 Å². The van der Waals surface area contributed by atoms with E-state index in [9.17, 15) is 0 Å². The van der Waals surface area contributed by atoms with E-state index in [1.807, 2.05) is 48.3 Å². The third kappa shape index (κ3) is 4.13. The molecule has 0 radical (unpaired) electrons. The first kappa shape index (κ1) is 21.1. The van der Waals surface area contributed by atoms with Gasteiger partial charge in [-0.05, 0) is 41.5 Å². The van der Waals surface area contributed by atoms with E-state index in [0.717, 1.165) is 39.9 Å². The number of nitrogens with one attached hydrogen (secondary N) is 1. The molecule has 5 nitrogen and oxygen atoms in total. The monoisotopic (exact) mass is 455 g/mol. The fourth-order valence-electron chi connectivity index (χ4n) is 4.60. The van der Waals surface area contributed by atoms with Gasteiger partial charge in [0.25, 0.3) is 0 Å². The normalized spacial score (nSPS) is 11.4. The number of rotatable bonds is 6. The SMILES string of the molecule is Cn1cnc2ccc(-c3nc(NCC(c4ccccc4)c4ccccc4)c4ccccc4n3)cc21. The zero-order valence-electron chi connectivity index (χ0n) is 19.5. The summed E-state index contributed by atoms with van der Waals surface area (Å²) >= 11 is 0. The third-order valence-corrected chi connectivity index (χ3v) is 6.46. The second-order valence-electron chi connectivity index (χ2n) is 8.73. The zero-order chi connectivity index (χ0) is 23.6. The molecular weight excluding hydrogens is 430 g/mol. The van der Waals surface area contributed by atoms with Crippen molar-refractivity contribution in [3.63, 3.8) is 0 Å². The second kappa shape index (κ2) is 9.03. The van der Waals surface area contributed by atoms with E-state index < -0.39 is 0 Å². The first-order chi connectivity index (χ1) is 17.3. The molecule has 0 saturated heterocycles. The van der Waals surface area contributed by atoms with Crippen LogP contribution < -0.4 is 5.32 Å². The highest BCUT2D eigenvalue weighted by Crippen LogP contribution is 2.29. The lowest BCUT2D eigenvalue weighted by Gasteiger charge is -2.20. The minimum Gasteiger partial charge on any atom is -0.368 e. The van der Waals surface area contributed by atoms with Gasteiger partial charge in [0.2, 0.25) is 0 Å². The Hall–Kier alpha value is -4.51. The average molecular weight is 456 g/mol. The minimum absolute atomic E-state index is 0.195. The molecule has 2 heterocycles. The van der Waals surface area contributed by atoms with Crippen molar-refractivity contribution in [2.75, 3.05) is 11.9 Å². The van der Waals surface area contributed by atoms with Crippen LogP contribution in [0.25, 0.3) is 33.3 Å². The van der Waals surface area contributed by atoms with Gasteiger partial charge in [-0.25, -0.2) is 15.0 Å². The molecule has 0 saturated carbocycles. The van der Waals surface area contributed by atoms with Crippen molar-refractivity contribution in [3.05, 3.63) is 121 Å². The zero-order valence-corrected chi connectivity index (χ0v) is 19.5. The van der Waals surface area contributed by atoms with Crippen molar-refractivity contribution in [1.29, 1.82) is 0 Å². The number of hydrogen-bond donors (Lipinski definition) is 1. The smallest absolute Gasteiger partial charge is 0.162 e. The maximum atomic E-state index is 5.00. The highest BCUT2D eigenvalue weighted by molar-refractivity contribution is 5.91. The summed E-state index contributed by atoms with van der Waals surface area (Å²) in [6, 6.07) is 35.6. The van der Waals surface area contributed by atoms with Crippen molar-refractivity contribution in [3.8, 4) is 11.4 Å². The largest absolute Gasteiger partial charge is 0.368 e. The standard InChI is InChI=1S/C30H25N5/c1-35-20-32-27-17-16-23(18-28(27)35)29-33-26-15-9-8-14-24(26)30(34-29)31-19-25(21-10-4-2-5-11-21)22-12-6-3-7-13-22/h2-18,20,25H,19H2,1H3,(H,31,33,34). The van der Waals surface area contributed by atoms with Crippen LogP contribution in [0.1, 0.15) is 17.0 Å². The van der Waals surface area contributed by atoms with Crippen LogP contribution in [0.5, 0.6) is 0 Å². The Balaban J connectivity index is 1.40. The van der Waals surface area contributed by atoms with Gasteiger partial charge in [0, 0.05) is 30.5 Å². The van der Waals surface area contributed by atoms with Gasteiger partial charge < -0.3 is 9.88 Å². The summed E-state index contributed by atoms with van der Waals surface area (Å²) < 4.78 is 2.02. The lowest BCUT2D eigenvalue weighted by Crippen LogP contribution is -2.15. The number of imidazole rings is 1. The highest BCUT2D eigenvalue weighted by atomic mass is 15.0. The van der Waals surface area contributed by atoms with E-state index in [-0.39, 0.29) is 5.92 Å². The molecule has 0 amide bonds. The molecule has 170 valence electrons. The average Bonchev–Trinajstić information content (AvgIpc) is 3.29. The van der Waals surface area contributed by atoms with Crippen LogP contribution in [0.3, 0.4) is 0 Å². The predicted octanol–water partition coefficient (Wildman–Crippen LogP) is 6.43. The third-order valence-electron chi connectivity index (χ3n) is 6.46. The van der Waals surface area contributed by atoms with Gasteiger partial charge in [-0.15, -0.1) is 0 Å². The molecule has 0 unspecified atom stereocenters. The summed E-state index contributed by atoms with van der Waals surface area (Å²) in [5, 5.41) is 4.68. The summed E-state index contributed by atoms with van der Waals surface area (Å²) in [5.41, 5.74) is 6.45. The van der Waals surface area contributed by atoms with Gasteiger partial charge in [-0.1, -0.05) is 72.8 Å². The topological polar surface area (TPSA) is 55.6 Å². The molecule has 0 aliphatic heterocycles. The van der Waals surface area contributed by atoms with Crippen LogP contribution in [-0.2, 0) is 7.05 Å². The Bertz CT molecular complexity index is 1570. The summed E-state index contributed by atoms with van der Waals surface area (Å²) in [4.78, 5) is 14.3. The molecule has 5 heteroatoms. The van der Waals surface area contributed by atoms with Crippen LogP contribution in [0.4, 0.5) is 5.82 Å². The molecule has 0 fully saturated rings. The summed E-state index contributed by atoms with van der Waals surface area (Å²) in [7, 11) is 2.00. The molecule has 6 rings (SSSR count). The molecule has 1 N–H and O–H groups in total. The quantitative estimate of drug-likeness (QED) is 0.315. The van der Waals surface area contributed by atoms with Gasteiger partial charge in [0.15, 0.2) is 5.82 Å². The van der Waals surface area contributed by atoms with Crippen molar-refractivity contribution >= 4 is 27.8 Å². The Kier molecular flexibility index (Phi) is 5.43. The summed E-state index contributed by atoms with van der Waals surface area (Å²) in [6.45, 7) is 0.717. The van der Waals surface area contributed by atoms with E-state index in [1.54, 1.807) is 0 Å². The van der Waals surface area contributed by atoms with Crippen molar-refractivity contribution in [2.45, 2.75) is 5.92 Å². The predicted molar refractivity (Wildman–Crippen MR) is 142 cm³/mol. The van der Waals surface area contributed by atoms with E-state index >= 15 is 0 Å². The fraction of sp³-hybridized carbons (Fsp3) is 0.100. The van der Waals surface area contributed by atoms with Crippen molar-refractivity contribution in [2.24, 2.45) is 7.05 Å². The van der Waals surface area contributed by atoms with Gasteiger partial charge >= 0.3 is 0 Å². The molecule has 0 aliphatic carbocycles. The molecule has 4 aromatic carbocycles. The molecule has 0 aliphatic rings. The molecule has 0 atom stereocenters. The van der Waals surface area contributed by atoms with Crippen molar-refractivity contribution < 1.29 is 0 Å². The number of para-hydroxylation sites is 1. The fourth-order valence-corrected chi connectivity index (χ4v) is 4.60.